The number of nitrogens with one attached hydrogen (secondary N) is 2. The summed E-state index contributed by atoms with van der Waals surface area (Å²) >= 11 is 0. The number of urea groups is 1. The highest BCUT2D eigenvalue weighted by Crippen LogP contribution is 2.26. The summed E-state index contributed by atoms with van der Waals surface area (Å²) in [6.07, 6.45) is 0. The fraction of sp³-hybridized carbons (Fsp3) is 0.207. The van der Waals surface area contributed by atoms with E-state index >= 15 is 0 Å². The number of amides is 3. The summed E-state index contributed by atoms with van der Waals surface area (Å²) in [4.78, 5) is 27.7. The molecule has 9 nitrogen and oxygen atoms in total. The first kappa shape index (κ1) is 27.3. The van der Waals surface area contributed by atoms with Gasteiger partial charge in [0.15, 0.2) is 0 Å². The van der Waals surface area contributed by atoms with Crippen LogP contribution in [-0.4, -0.2) is 60.0 Å². The maximum absolute atomic E-state index is 13.6. The number of carbonyl (C=O) groups excluding carboxylic acids is 2. The minimum atomic E-state index is -0.480. The van der Waals surface area contributed by atoms with E-state index in [-0.39, 0.29) is 25.5 Å². The van der Waals surface area contributed by atoms with Crippen molar-refractivity contribution in [3.05, 3.63) is 90.7 Å². The molecule has 0 saturated heterocycles. The first-order valence-corrected chi connectivity index (χ1v) is 12.5. The molecule has 202 valence electrons. The largest absolute Gasteiger partial charge is 0.492 e. The predicted molar refractivity (Wildman–Crippen MR) is 148 cm³/mol. The Morgan fingerprint density at radius 3 is 2.41 bits per heavy atom. The summed E-state index contributed by atoms with van der Waals surface area (Å²) in [5, 5.41) is 10.3. The molecule has 3 aromatic carbocycles. The average Bonchev–Trinajstić information content (AvgIpc) is 3.36. The molecule has 0 unspecified atom stereocenters. The first-order chi connectivity index (χ1) is 19.0. The molecule has 0 bridgehead atoms. The Morgan fingerprint density at radius 1 is 0.974 bits per heavy atom. The molecule has 3 amide bonds. The molecule has 0 fully saturated rings. The van der Waals surface area contributed by atoms with Gasteiger partial charge in [-0.15, -0.1) is 0 Å². The van der Waals surface area contributed by atoms with E-state index in [1.165, 1.54) is 28.8 Å². The second kappa shape index (κ2) is 13.2. The van der Waals surface area contributed by atoms with Crippen molar-refractivity contribution in [1.29, 1.82) is 0 Å². The molecule has 0 saturated carbocycles. The monoisotopic (exact) mass is 531 g/mol. The summed E-state index contributed by atoms with van der Waals surface area (Å²) in [5.41, 5.74) is 2.53. The summed E-state index contributed by atoms with van der Waals surface area (Å²) < 4.78 is 25.8. The molecule has 0 spiro atoms. The molecule has 4 rings (SSSR count). The van der Waals surface area contributed by atoms with E-state index in [0.29, 0.717) is 35.2 Å². The van der Waals surface area contributed by atoms with E-state index in [4.69, 9.17) is 9.47 Å². The Labute approximate surface area is 226 Å². The third-order valence-corrected chi connectivity index (χ3v) is 5.73. The summed E-state index contributed by atoms with van der Waals surface area (Å²) in [5.74, 6) is 0.0769. The van der Waals surface area contributed by atoms with E-state index in [2.05, 4.69) is 15.7 Å². The number of hydrogen-bond acceptors (Lipinski definition) is 5. The van der Waals surface area contributed by atoms with E-state index < -0.39 is 11.9 Å². The first-order valence-electron chi connectivity index (χ1n) is 12.5. The fourth-order valence-corrected chi connectivity index (χ4v) is 3.85. The van der Waals surface area contributed by atoms with Crippen LogP contribution in [0.15, 0.2) is 84.9 Å². The van der Waals surface area contributed by atoms with Gasteiger partial charge >= 0.3 is 6.03 Å². The number of rotatable bonds is 11. The van der Waals surface area contributed by atoms with Crippen LogP contribution in [0, 0.1) is 5.82 Å². The SMILES string of the molecule is CCOc1ccccc1NC(=O)N(CCOC)CC(=O)Nc1cc(-c2ccccc2)nn1-c1ccc(F)cc1. The molecule has 4 aromatic rings. The van der Waals surface area contributed by atoms with Gasteiger partial charge < -0.3 is 25.0 Å². The lowest BCUT2D eigenvalue weighted by Gasteiger charge is -2.23. The van der Waals surface area contributed by atoms with Crippen molar-refractivity contribution in [2.45, 2.75) is 6.92 Å². The van der Waals surface area contributed by atoms with Gasteiger partial charge in [-0.3, -0.25) is 4.79 Å². The van der Waals surface area contributed by atoms with Gasteiger partial charge in [-0.1, -0.05) is 42.5 Å². The number of hydrogen-bond donors (Lipinski definition) is 2. The topological polar surface area (TPSA) is 97.7 Å². The molecule has 1 aromatic heterocycles. The lowest BCUT2D eigenvalue weighted by Crippen LogP contribution is -2.42. The Morgan fingerprint density at radius 2 is 1.69 bits per heavy atom. The molecule has 1 heterocycles. The zero-order valence-electron chi connectivity index (χ0n) is 21.8. The van der Waals surface area contributed by atoms with Crippen LogP contribution in [0.25, 0.3) is 16.9 Å². The highest BCUT2D eigenvalue weighted by molar-refractivity contribution is 5.97. The van der Waals surface area contributed by atoms with E-state index in [0.717, 1.165) is 5.56 Å². The highest BCUT2D eigenvalue weighted by Gasteiger charge is 2.21. The molecule has 0 aliphatic heterocycles. The normalized spacial score (nSPS) is 10.6. The number of ether oxygens (including phenoxy) is 2. The summed E-state index contributed by atoms with van der Waals surface area (Å²) in [6, 6.07) is 23.6. The second-order valence-electron chi connectivity index (χ2n) is 8.49. The number of aromatic nitrogens is 2. The summed E-state index contributed by atoms with van der Waals surface area (Å²) in [7, 11) is 1.52. The molecule has 0 radical (unpaired) electrons. The van der Waals surface area contributed by atoms with Gasteiger partial charge in [0.1, 0.15) is 23.9 Å². The fourth-order valence-electron chi connectivity index (χ4n) is 3.85. The quantitative estimate of drug-likeness (QED) is 0.277. The number of halogens is 1. The van der Waals surface area contributed by atoms with Crippen LogP contribution in [0.4, 0.5) is 20.7 Å². The third kappa shape index (κ3) is 7.20. The van der Waals surface area contributed by atoms with Crippen molar-refractivity contribution in [2.75, 3.05) is 44.0 Å². The van der Waals surface area contributed by atoms with Crippen molar-refractivity contribution in [3.8, 4) is 22.7 Å². The number of methoxy groups -OCH3 is 1. The van der Waals surface area contributed by atoms with Crippen molar-refractivity contribution >= 4 is 23.4 Å². The molecule has 0 aliphatic carbocycles. The van der Waals surface area contributed by atoms with Crippen LogP contribution in [0.5, 0.6) is 5.75 Å². The molecule has 10 heteroatoms. The van der Waals surface area contributed by atoms with Gasteiger partial charge in [0.25, 0.3) is 0 Å². The Hall–Kier alpha value is -4.70. The number of nitrogens with zero attached hydrogens (tertiary/aromatic N) is 3. The molecule has 2 N–H and O–H groups in total. The van der Waals surface area contributed by atoms with Crippen LogP contribution >= 0.6 is 0 Å². The predicted octanol–water partition coefficient (Wildman–Crippen LogP) is 5.20. The van der Waals surface area contributed by atoms with Gasteiger partial charge in [-0.05, 0) is 43.3 Å². The van der Waals surface area contributed by atoms with Crippen molar-refractivity contribution in [2.24, 2.45) is 0 Å². The molecular weight excluding hydrogens is 501 g/mol. The highest BCUT2D eigenvalue weighted by atomic mass is 19.1. The molecule has 39 heavy (non-hydrogen) atoms. The summed E-state index contributed by atoms with van der Waals surface area (Å²) in [6.45, 7) is 2.46. The average molecular weight is 532 g/mol. The van der Waals surface area contributed by atoms with E-state index in [1.54, 1.807) is 36.4 Å². The Balaban J connectivity index is 1.55. The lowest BCUT2D eigenvalue weighted by molar-refractivity contribution is -0.116. The standard InChI is InChI=1S/C29H30FN5O4/c1-3-39-26-12-8-7-11-24(26)31-29(37)34(17-18-38-2)20-28(36)32-27-19-25(21-9-5-4-6-10-21)33-35(27)23-15-13-22(30)14-16-23/h4-16,19H,3,17-18,20H2,1-2H3,(H,31,37)(H,32,36). The molecule has 0 atom stereocenters. The van der Waals surface area contributed by atoms with E-state index in [1.807, 2.05) is 43.3 Å². The van der Waals surface area contributed by atoms with Crippen LogP contribution < -0.4 is 15.4 Å². The lowest BCUT2D eigenvalue weighted by atomic mass is 10.1. The van der Waals surface area contributed by atoms with Crippen LogP contribution in [0.3, 0.4) is 0 Å². The second-order valence-corrected chi connectivity index (χ2v) is 8.49. The smallest absolute Gasteiger partial charge is 0.322 e. The van der Waals surface area contributed by atoms with Gasteiger partial charge in [-0.25, -0.2) is 13.9 Å². The van der Waals surface area contributed by atoms with Crippen molar-refractivity contribution in [1.82, 2.24) is 14.7 Å². The van der Waals surface area contributed by atoms with Gasteiger partial charge in [-0.2, -0.15) is 5.10 Å². The maximum atomic E-state index is 13.6. The number of carbonyl (C=O) groups is 2. The van der Waals surface area contributed by atoms with E-state index in [9.17, 15) is 14.0 Å². The maximum Gasteiger partial charge on any atom is 0.322 e. The molecule has 0 aliphatic rings. The van der Waals surface area contributed by atoms with Crippen LogP contribution in [0.2, 0.25) is 0 Å². The number of para-hydroxylation sites is 2. The van der Waals surface area contributed by atoms with Crippen molar-refractivity contribution < 1.29 is 23.5 Å². The number of benzene rings is 3. The zero-order valence-corrected chi connectivity index (χ0v) is 21.8. The Bertz CT molecular complexity index is 1390. The van der Waals surface area contributed by atoms with Gasteiger partial charge in [0.2, 0.25) is 5.91 Å². The number of anilines is 2. The zero-order chi connectivity index (χ0) is 27.6. The van der Waals surface area contributed by atoms with Crippen LogP contribution in [-0.2, 0) is 9.53 Å². The van der Waals surface area contributed by atoms with Gasteiger partial charge in [0.05, 0.1) is 30.3 Å². The third-order valence-electron chi connectivity index (χ3n) is 5.73. The Kier molecular flexibility index (Phi) is 9.25. The van der Waals surface area contributed by atoms with Crippen LogP contribution in [0.1, 0.15) is 6.92 Å². The van der Waals surface area contributed by atoms with Crippen molar-refractivity contribution in [3.63, 3.8) is 0 Å². The van der Waals surface area contributed by atoms with Gasteiger partial charge in [0, 0.05) is 25.3 Å². The molecular formula is C29H30FN5O4. The minimum Gasteiger partial charge on any atom is -0.492 e. The minimum absolute atomic E-state index is 0.180.